The fourth-order valence-corrected chi connectivity index (χ4v) is 2.14. The minimum absolute atomic E-state index is 0.00402. The molecule has 1 aliphatic rings. The van der Waals surface area contributed by atoms with Crippen molar-refractivity contribution in [3.63, 3.8) is 0 Å². The van der Waals surface area contributed by atoms with Crippen LogP contribution in [0.1, 0.15) is 52.4 Å². The molecule has 2 N–H and O–H groups in total. The molecule has 16 heavy (non-hydrogen) atoms. The van der Waals surface area contributed by atoms with Crippen molar-refractivity contribution in [2.75, 3.05) is 6.61 Å². The SMILES string of the molecule is CC(C)CCCOC(=O)C1CCC(N)CC1. The molecule has 1 rings (SSSR count). The van der Waals surface area contributed by atoms with Crippen molar-refractivity contribution in [2.45, 2.75) is 58.4 Å². The van der Waals surface area contributed by atoms with Gasteiger partial charge in [-0.1, -0.05) is 13.8 Å². The van der Waals surface area contributed by atoms with E-state index in [1.54, 1.807) is 0 Å². The summed E-state index contributed by atoms with van der Waals surface area (Å²) in [7, 11) is 0. The predicted molar refractivity (Wildman–Crippen MR) is 65.0 cm³/mol. The van der Waals surface area contributed by atoms with E-state index in [2.05, 4.69) is 13.8 Å². The van der Waals surface area contributed by atoms with Crippen LogP contribution in [0, 0.1) is 11.8 Å². The Morgan fingerprint density at radius 1 is 1.31 bits per heavy atom. The van der Waals surface area contributed by atoms with Crippen LogP contribution in [0.4, 0.5) is 0 Å². The molecule has 94 valence electrons. The minimum Gasteiger partial charge on any atom is -0.465 e. The van der Waals surface area contributed by atoms with Crippen LogP contribution in [0.15, 0.2) is 0 Å². The van der Waals surface area contributed by atoms with E-state index in [1.165, 1.54) is 0 Å². The van der Waals surface area contributed by atoms with Gasteiger partial charge in [-0.25, -0.2) is 0 Å². The van der Waals surface area contributed by atoms with Crippen LogP contribution >= 0.6 is 0 Å². The molecule has 0 amide bonds. The van der Waals surface area contributed by atoms with Crippen LogP contribution in [0.2, 0.25) is 0 Å². The molecule has 0 atom stereocenters. The van der Waals surface area contributed by atoms with E-state index in [-0.39, 0.29) is 11.9 Å². The molecule has 1 fully saturated rings. The van der Waals surface area contributed by atoms with Crippen molar-refractivity contribution in [1.82, 2.24) is 0 Å². The molecular formula is C13H25NO2. The lowest BCUT2D eigenvalue weighted by Crippen LogP contribution is -2.30. The fraction of sp³-hybridized carbons (Fsp3) is 0.923. The fourth-order valence-electron chi connectivity index (χ4n) is 2.14. The molecule has 0 unspecified atom stereocenters. The Morgan fingerprint density at radius 2 is 1.94 bits per heavy atom. The molecule has 0 heterocycles. The standard InChI is InChI=1S/C13H25NO2/c1-10(2)4-3-9-16-13(15)11-5-7-12(14)8-6-11/h10-12H,3-9,14H2,1-2H3. The Hall–Kier alpha value is -0.570. The number of ether oxygens (including phenoxy) is 1. The van der Waals surface area contributed by atoms with Crippen LogP contribution in [-0.4, -0.2) is 18.6 Å². The normalized spacial score (nSPS) is 25.8. The van der Waals surface area contributed by atoms with Crippen molar-refractivity contribution in [3.8, 4) is 0 Å². The van der Waals surface area contributed by atoms with Gasteiger partial charge >= 0.3 is 5.97 Å². The van der Waals surface area contributed by atoms with Crippen molar-refractivity contribution in [1.29, 1.82) is 0 Å². The van der Waals surface area contributed by atoms with Crippen LogP contribution in [0.3, 0.4) is 0 Å². The molecule has 0 spiro atoms. The first-order chi connectivity index (χ1) is 7.59. The summed E-state index contributed by atoms with van der Waals surface area (Å²) < 4.78 is 5.29. The molecule has 0 aromatic heterocycles. The number of carbonyl (C=O) groups is 1. The zero-order chi connectivity index (χ0) is 12.0. The zero-order valence-corrected chi connectivity index (χ0v) is 10.6. The van der Waals surface area contributed by atoms with Gasteiger partial charge in [0.25, 0.3) is 0 Å². The lowest BCUT2D eigenvalue weighted by atomic mass is 9.86. The number of nitrogens with two attached hydrogens (primary N) is 1. The minimum atomic E-state index is -0.00402. The maximum absolute atomic E-state index is 11.7. The first-order valence-electron chi connectivity index (χ1n) is 6.51. The molecule has 0 bridgehead atoms. The molecule has 0 aromatic carbocycles. The maximum atomic E-state index is 11.7. The summed E-state index contributed by atoms with van der Waals surface area (Å²) in [5, 5.41) is 0. The third kappa shape index (κ3) is 4.97. The summed E-state index contributed by atoms with van der Waals surface area (Å²) in [6, 6.07) is 0.296. The third-order valence-electron chi connectivity index (χ3n) is 3.28. The Morgan fingerprint density at radius 3 is 2.50 bits per heavy atom. The van der Waals surface area contributed by atoms with Gasteiger partial charge in [-0.05, 0) is 44.4 Å². The summed E-state index contributed by atoms with van der Waals surface area (Å²) in [5.74, 6) is 0.792. The summed E-state index contributed by atoms with van der Waals surface area (Å²) in [5.41, 5.74) is 5.80. The smallest absolute Gasteiger partial charge is 0.308 e. The van der Waals surface area contributed by atoms with Gasteiger partial charge in [0.2, 0.25) is 0 Å². The Labute approximate surface area is 98.7 Å². The first-order valence-corrected chi connectivity index (χ1v) is 6.51. The second-order valence-electron chi connectivity index (χ2n) is 5.32. The lowest BCUT2D eigenvalue weighted by molar-refractivity contribution is -0.149. The van der Waals surface area contributed by atoms with Crippen LogP contribution in [0.25, 0.3) is 0 Å². The monoisotopic (exact) mass is 227 g/mol. The number of hydrogen-bond donors (Lipinski definition) is 1. The van der Waals surface area contributed by atoms with Gasteiger partial charge in [-0.15, -0.1) is 0 Å². The van der Waals surface area contributed by atoms with Crippen molar-refractivity contribution < 1.29 is 9.53 Å². The molecule has 0 aromatic rings. The Kier molecular flexibility index (Phi) is 5.81. The lowest BCUT2D eigenvalue weighted by Gasteiger charge is -2.24. The number of rotatable bonds is 5. The van der Waals surface area contributed by atoms with E-state index in [4.69, 9.17) is 10.5 Å². The summed E-state index contributed by atoms with van der Waals surface area (Å²) in [6.45, 7) is 4.95. The van der Waals surface area contributed by atoms with Crippen molar-refractivity contribution >= 4 is 5.97 Å². The van der Waals surface area contributed by atoms with Crippen LogP contribution in [-0.2, 0) is 9.53 Å². The van der Waals surface area contributed by atoms with E-state index in [0.29, 0.717) is 18.6 Å². The quantitative estimate of drug-likeness (QED) is 0.580. The van der Waals surface area contributed by atoms with E-state index in [0.717, 1.165) is 38.5 Å². The molecule has 0 radical (unpaired) electrons. The summed E-state index contributed by atoms with van der Waals surface area (Å²) in [4.78, 5) is 11.7. The summed E-state index contributed by atoms with van der Waals surface area (Å²) in [6.07, 6.45) is 5.85. The van der Waals surface area contributed by atoms with Gasteiger partial charge in [-0.3, -0.25) is 4.79 Å². The summed E-state index contributed by atoms with van der Waals surface area (Å²) >= 11 is 0. The Balaban J connectivity index is 2.10. The third-order valence-corrected chi connectivity index (χ3v) is 3.28. The number of esters is 1. The highest BCUT2D eigenvalue weighted by Crippen LogP contribution is 2.24. The topological polar surface area (TPSA) is 52.3 Å². The average Bonchev–Trinajstić information content (AvgIpc) is 2.25. The van der Waals surface area contributed by atoms with Gasteiger partial charge in [-0.2, -0.15) is 0 Å². The molecular weight excluding hydrogens is 202 g/mol. The molecule has 1 aliphatic carbocycles. The molecule has 0 aliphatic heterocycles. The second-order valence-corrected chi connectivity index (χ2v) is 5.32. The maximum Gasteiger partial charge on any atom is 0.308 e. The highest BCUT2D eigenvalue weighted by molar-refractivity contribution is 5.72. The van der Waals surface area contributed by atoms with Gasteiger partial charge < -0.3 is 10.5 Å². The predicted octanol–water partition coefficient (Wildman–Crippen LogP) is 2.48. The first kappa shape index (κ1) is 13.5. The van der Waals surface area contributed by atoms with Gasteiger partial charge in [0.1, 0.15) is 0 Å². The van der Waals surface area contributed by atoms with E-state index < -0.39 is 0 Å². The van der Waals surface area contributed by atoms with Gasteiger partial charge in [0, 0.05) is 6.04 Å². The molecule has 3 nitrogen and oxygen atoms in total. The largest absolute Gasteiger partial charge is 0.465 e. The second kappa shape index (κ2) is 6.89. The van der Waals surface area contributed by atoms with E-state index in [9.17, 15) is 4.79 Å². The highest BCUT2D eigenvalue weighted by atomic mass is 16.5. The van der Waals surface area contributed by atoms with E-state index >= 15 is 0 Å². The number of hydrogen-bond acceptors (Lipinski definition) is 3. The highest BCUT2D eigenvalue weighted by Gasteiger charge is 2.25. The van der Waals surface area contributed by atoms with E-state index in [1.807, 2.05) is 0 Å². The van der Waals surface area contributed by atoms with Crippen molar-refractivity contribution in [3.05, 3.63) is 0 Å². The zero-order valence-electron chi connectivity index (χ0n) is 10.6. The van der Waals surface area contributed by atoms with Gasteiger partial charge in [0.05, 0.1) is 12.5 Å². The molecule has 0 saturated heterocycles. The van der Waals surface area contributed by atoms with Crippen LogP contribution < -0.4 is 5.73 Å². The van der Waals surface area contributed by atoms with Crippen LogP contribution in [0.5, 0.6) is 0 Å². The van der Waals surface area contributed by atoms with Gasteiger partial charge in [0.15, 0.2) is 0 Å². The number of carbonyl (C=O) groups excluding carboxylic acids is 1. The average molecular weight is 227 g/mol. The molecule has 1 saturated carbocycles. The molecule has 3 heteroatoms. The Bertz CT molecular complexity index is 208. The van der Waals surface area contributed by atoms with Crippen molar-refractivity contribution in [2.24, 2.45) is 17.6 Å².